The molecule has 1 aromatic heterocycles. The summed E-state index contributed by atoms with van der Waals surface area (Å²) in [6, 6.07) is 6.56. The molecule has 0 atom stereocenters. The first kappa shape index (κ1) is 11.7. The second kappa shape index (κ2) is 5.05. The molecule has 0 saturated heterocycles. The molecule has 90 valence electrons. The van der Waals surface area contributed by atoms with Crippen LogP contribution in [0.1, 0.15) is 19.2 Å². The highest BCUT2D eigenvalue weighted by Crippen LogP contribution is 2.21. The van der Waals surface area contributed by atoms with E-state index in [0.29, 0.717) is 23.8 Å². The molecule has 17 heavy (non-hydrogen) atoms. The van der Waals surface area contributed by atoms with Crippen LogP contribution in [0.15, 0.2) is 24.3 Å². The van der Waals surface area contributed by atoms with Crippen LogP contribution in [0.3, 0.4) is 0 Å². The van der Waals surface area contributed by atoms with Crippen LogP contribution in [0.4, 0.5) is 4.39 Å². The van der Waals surface area contributed by atoms with Crippen LogP contribution in [-0.2, 0) is 13.1 Å². The molecule has 0 saturated carbocycles. The van der Waals surface area contributed by atoms with Gasteiger partial charge < -0.3 is 10.3 Å². The molecule has 0 aliphatic carbocycles. The molecule has 0 radical (unpaired) electrons. The summed E-state index contributed by atoms with van der Waals surface area (Å²) in [7, 11) is 0. The summed E-state index contributed by atoms with van der Waals surface area (Å²) in [6.45, 7) is 3.09. The van der Waals surface area contributed by atoms with Gasteiger partial charge in [-0.15, -0.1) is 10.2 Å². The van der Waals surface area contributed by atoms with Gasteiger partial charge in [-0.3, -0.25) is 0 Å². The van der Waals surface area contributed by atoms with Gasteiger partial charge in [0.2, 0.25) is 0 Å². The van der Waals surface area contributed by atoms with E-state index in [2.05, 4.69) is 10.2 Å². The Bertz CT molecular complexity index is 507. The average molecular weight is 234 g/mol. The largest absolute Gasteiger partial charge is 0.324 e. The standard InChI is InChI=1S/C12H15FN4/c1-2-7-17-11(8-14)15-16-12(17)9-5-3-4-6-10(9)13/h3-6H,2,7-8,14H2,1H3. The van der Waals surface area contributed by atoms with E-state index in [1.54, 1.807) is 18.2 Å². The minimum absolute atomic E-state index is 0.291. The van der Waals surface area contributed by atoms with Crippen molar-refractivity contribution < 1.29 is 4.39 Å². The van der Waals surface area contributed by atoms with Gasteiger partial charge in [0, 0.05) is 6.54 Å². The number of aromatic nitrogens is 3. The lowest BCUT2D eigenvalue weighted by Gasteiger charge is -2.08. The Morgan fingerprint density at radius 1 is 1.29 bits per heavy atom. The predicted octanol–water partition coefficient (Wildman–Crippen LogP) is 1.95. The SMILES string of the molecule is CCCn1c(CN)nnc1-c1ccccc1F. The van der Waals surface area contributed by atoms with Crippen LogP contribution in [0.2, 0.25) is 0 Å². The zero-order valence-corrected chi connectivity index (χ0v) is 9.73. The van der Waals surface area contributed by atoms with Crippen molar-refractivity contribution in [3.8, 4) is 11.4 Å². The highest BCUT2D eigenvalue weighted by atomic mass is 19.1. The molecule has 0 fully saturated rings. The Labute approximate surface area is 99.3 Å². The molecule has 0 bridgehead atoms. The van der Waals surface area contributed by atoms with Crippen LogP contribution >= 0.6 is 0 Å². The molecule has 2 N–H and O–H groups in total. The number of hydrogen-bond acceptors (Lipinski definition) is 3. The van der Waals surface area contributed by atoms with Gasteiger partial charge in [-0.1, -0.05) is 19.1 Å². The van der Waals surface area contributed by atoms with E-state index in [-0.39, 0.29) is 5.82 Å². The Hall–Kier alpha value is -1.75. The molecule has 1 aromatic carbocycles. The van der Waals surface area contributed by atoms with E-state index in [1.165, 1.54) is 6.07 Å². The summed E-state index contributed by atoms with van der Waals surface area (Å²) in [4.78, 5) is 0. The van der Waals surface area contributed by atoms with Crippen molar-refractivity contribution >= 4 is 0 Å². The van der Waals surface area contributed by atoms with E-state index in [9.17, 15) is 4.39 Å². The van der Waals surface area contributed by atoms with Crippen LogP contribution in [0.5, 0.6) is 0 Å². The lowest BCUT2D eigenvalue weighted by Crippen LogP contribution is -2.09. The Morgan fingerprint density at radius 3 is 2.71 bits per heavy atom. The molecule has 0 aliphatic heterocycles. The summed E-state index contributed by atoms with van der Waals surface area (Å²) < 4.78 is 15.6. The third-order valence-electron chi connectivity index (χ3n) is 2.57. The lowest BCUT2D eigenvalue weighted by atomic mass is 10.2. The van der Waals surface area contributed by atoms with Crippen LogP contribution in [0.25, 0.3) is 11.4 Å². The first-order valence-corrected chi connectivity index (χ1v) is 5.65. The Balaban J connectivity index is 2.52. The molecule has 2 aromatic rings. The van der Waals surface area contributed by atoms with Crippen LogP contribution in [-0.4, -0.2) is 14.8 Å². The summed E-state index contributed by atoms with van der Waals surface area (Å²) in [6.07, 6.45) is 0.923. The van der Waals surface area contributed by atoms with Crippen LogP contribution in [0, 0.1) is 5.82 Å². The fourth-order valence-electron chi connectivity index (χ4n) is 1.79. The topological polar surface area (TPSA) is 56.7 Å². The van der Waals surface area contributed by atoms with E-state index >= 15 is 0 Å². The maximum absolute atomic E-state index is 13.7. The zero-order valence-electron chi connectivity index (χ0n) is 9.73. The third-order valence-corrected chi connectivity index (χ3v) is 2.57. The second-order valence-corrected chi connectivity index (χ2v) is 3.78. The van der Waals surface area contributed by atoms with E-state index in [0.717, 1.165) is 13.0 Å². The highest BCUT2D eigenvalue weighted by molar-refractivity contribution is 5.56. The average Bonchev–Trinajstić information content (AvgIpc) is 2.73. The minimum atomic E-state index is -0.291. The molecule has 5 heteroatoms. The van der Waals surface area contributed by atoms with Crippen molar-refractivity contribution in [2.24, 2.45) is 5.73 Å². The second-order valence-electron chi connectivity index (χ2n) is 3.78. The van der Waals surface area contributed by atoms with Gasteiger partial charge in [0.25, 0.3) is 0 Å². The quantitative estimate of drug-likeness (QED) is 0.879. The summed E-state index contributed by atoms with van der Waals surface area (Å²) >= 11 is 0. The summed E-state index contributed by atoms with van der Waals surface area (Å²) in [5.41, 5.74) is 6.06. The van der Waals surface area contributed by atoms with E-state index in [4.69, 9.17) is 5.73 Å². The van der Waals surface area contributed by atoms with Gasteiger partial charge in [-0.25, -0.2) is 4.39 Å². The Morgan fingerprint density at radius 2 is 2.06 bits per heavy atom. The molecular formula is C12H15FN4. The molecule has 0 spiro atoms. The zero-order chi connectivity index (χ0) is 12.3. The van der Waals surface area contributed by atoms with Crippen molar-refractivity contribution in [3.63, 3.8) is 0 Å². The number of halogens is 1. The third kappa shape index (κ3) is 2.19. The molecule has 2 rings (SSSR count). The Kier molecular flexibility index (Phi) is 3.49. The smallest absolute Gasteiger partial charge is 0.166 e. The highest BCUT2D eigenvalue weighted by Gasteiger charge is 2.14. The maximum atomic E-state index is 13.7. The molecule has 0 unspecified atom stereocenters. The number of hydrogen-bond donors (Lipinski definition) is 1. The normalized spacial score (nSPS) is 10.8. The monoisotopic (exact) mass is 234 g/mol. The van der Waals surface area contributed by atoms with Gasteiger partial charge in [-0.2, -0.15) is 0 Å². The van der Waals surface area contributed by atoms with Crippen molar-refractivity contribution in [1.82, 2.24) is 14.8 Å². The minimum Gasteiger partial charge on any atom is -0.324 e. The van der Waals surface area contributed by atoms with Gasteiger partial charge in [0.05, 0.1) is 12.1 Å². The van der Waals surface area contributed by atoms with Crippen molar-refractivity contribution in [2.75, 3.05) is 0 Å². The van der Waals surface area contributed by atoms with Crippen molar-refractivity contribution in [3.05, 3.63) is 35.9 Å². The molecule has 0 aliphatic rings. The van der Waals surface area contributed by atoms with Gasteiger partial charge >= 0.3 is 0 Å². The van der Waals surface area contributed by atoms with Crippen molar-refractivity contribution in [1.29, 1.82) is 0 Å². The molecule has 4 nitrogen and oxygen atoms in total. The first-order valence-electron chi connectivity index (χ1n) is 5.65. The van der Waals surface area contributed by atoms with Gasteiger partial charge in [0.1, 0.15) is 11.6 Å². The van der Waals surface area contributed by atoms with Gasteiger partial charge in [-0.05, 0) is 18.6 Å². The van der Waals surface area contributed by atoms with Crippen LogP contribution < -0.4 is 5.73 Å². The fourth-order valence-corrected chi connectivity index (χ4v) is 1.79. The number of rotatable bonds is 4. The number of benzene rings is 1. The number of nitrogens with two attached hydrogens (primary N) is 1. The lowest BCUT2D eigenvalue weighted by molar-refractivity contribution is 0.618. The summed E-state index contributed by atoms with van der Waals surface area (Å²) in [5, 5.41) is 8.02. The maximum Gasteiger partial charge on any atom is 0.166 e. The predicted molar refractivity (Wildman–Crippen MR) is 63.6 cm³/mol. The fraction of sp³-hybridized carbons (Fsp3) is 0.333. The van der Waals surface area contributed by atoms with Crippen molar-refractivity contribution in [2.45, 2.75) is 26.4 Å². The summed E-state index contributed by atoms with van der Waals surface area (Å²) in [5.74, 6) is 0.941. The first-order chi connectivity index (χ1) is 8.27. The number of nitrogens with zero attached hydrogens (tertiary/aromatic N) is 3. The molecular weight excluding hydrogens is 219 g/mol. The van der Waals surface area contributed by atoms with E-state index < -0.39 is 0 Å². The van der Waals surface area contributed by atoms with Gasteiger partial charge in [0.15, 0.2) is 5.82 Å². The van der Waals surface area contributed by atoms with E-state index in [1.807, 2.05) is 11.5 Å². The molecule has 1 heterocycles. The molecule has 0 amide bonds.